The van der Waals surface area contributed by atoms with Crippen molar-refractivity contribution in [3.63, 3.8) is 0 Å². The second-order valence-electron chi connectivity index (χ2n) is 4.14. The fourth-order valence-electron chi connectivity index (χ4n) is 1.55. The van der Waals surface area contributed by atoms with Gasteiger partial charge in [0.05, 0.1) is 7.11 Å². The van der Waals surface area contributed by atoms with Crippen LogP contribution in [0.25, 0.3) is 0 Å². The van der Waals surface area contributed by atoms with Gasteiger partial charge < -0.3 is 20.1 Å². The van der Waals surface area contributed by atoms with Crippen molar-refractivity contribution in [1.82, 2.24) is 10.3 Å². The minimum atomic E-state index is -0.357. The molecule has 0 spiro atoms. The van der Waals surface area contributed by atoms with E-state index in [0.29, 0.717) is 18.2 Å². The number of ether oxygens (including phenoxy) is 1. The molecule has 1 aromatic heterocycles. The summed E-state index contributed by atoms with van der Waals surface area (Å²) in [5.41, 5.74) is 1.41. The second-order valence-corrected chi connectivity index (χ2v) is 4.14. The molecule has 0 bridgehead atoms. The molecule has 5 nitrogen and oxygen atoms in total. The average Bonchev–Trinajstić information content (AvgIpc) is 2.77. The molecule has 0 aliphatic rings. The molecule has 96 valence electrons. The van der Waals surface area contributed by atoms with Gasteiger partial charge in [-0.05, 0) is 31.0 Å². The highest BCUT2D eigenvalue weighted by Gasteiger charge is 2.07. The van der Waals surface area contributed by atoms with Crippen molar-refractivity contribution in [2.24, 2.45) is 5.92 Å². The molecule has 0 aliphatic heterocycles. The largest absolute Gasteiger partial charge is 0.464 e. The molecule has 0 saturated heterocycles. The molecule has 17 heavy (non-hydrogen) atoms. The van der Waals surface area contributed by atoms with Crippen molar-refractivity contribution in [2.45, 2.75) is 19.9 Å². The van der Waals surface area contributed by atoms with Crippen LogP contribution < -0.4 is 5.32 Å². The van der Waals surface area contributed by atoms with Crippen molar-refractivity contribution >= 4 is 5.97 Å². The Hall–Kier alpha value is -1.33. The highest BCUT2D eigenvalue weighted by molar-refractivity contribution is 5.87. The molecule has 1 unspecified atom stereocenters. The number of carbonyl (C=O) groups is 1. The first-order chi connectivity index (χ1) is 8.17. The van der Waals surface area contributed by atoms with Gasteiger partial charge in [-0.25, -0.2) is 4.79 Å². The first-order valence-electron chi connectivity index (χ1n) is 5.75. The summed E-state index contributed by atoms with van der Waals surface area (Å²) in [5.74, 6) is 0.0833. The molecular weight excluding hydrogens is 220 g/mol. The van der Waals surface area contributed by atoms with Crippen LogP contribution in [0, 0.1) is 5.92 Å². The maximum atomic E-state index is 11.2. The maximum Gasteiger partial charge on any atom is 0.354 e. The lowest BCUT2D eigenvalue weighted by molar-refractivity contribution is 0.0594. The number of aliphatic hydroxyl groups excluding tert-OH is 1. The van der Waals surface area contributed by atoms with Gasteiger partial charge in [0.1, 0.15) is 5.69 Å². The third-order valence-corrected chi connectivity index (χ3v) is 2.58. The first-order valence-corrected chi connectivity index (χ1v) is 5.75. The summed E-state index contributed by atoms with van der Waals surface area (Å²) >= 11 is 0. The molecule has 0 aromatic carbocycles. The molecule has 1 rings (SSSR count). The Morgan fingerprint density at radius 3 is 3.00 bits per heavy atom. The topological polar surface area (TPSA) is 74.3 Å². The molecule has 1 atom stereocenters. The van der Waals surface area contributed by atoms with Crippen LogP contribution in [0.3, 0.4) is 0 Å². The number of aliphatic hydroxyl groups is 1. The molecule has 5 heteroatoms. The Morgan fingerprint density at radius 2 is 2.35 bits per heavy atom. The Labute approximate surface area is 101 Å². The number of H-pyrrole nitrogens is 1. The van der Waals surface area contributed by atoms with Crippen molar-refractivity contribution in [2.75, 3.05) is 20.3 Å². The van der Waals surface area contributed by atoms with Gasteiger partial charge in [0, 0.05) is 18.8 Å². The third kappa shape index (κ3) is 4.58. The van der Waals surface area contributed by atoms with E-state index in [9.17, 15) is 4.79 Å². The van der Waals surface area contributed by atoms with Crippen LogP contribution in [0.1, 0.15) is 29.5 Å². The summed E-state index contributed by atoms with van der Waals surface area (Å²) in [7, 11) is 1.36. The average molecular weight is 240 g/mol. The van der Waals surface area contributed by atoms with Crippen molar-refractivity contribution in [3.8, 4) is 0 Å². The number of aromatic nitrogens is 1. The van der Waals surface area contributed by atoms with Crippen LogP contribution in [0.4, 0.5) is 0 Å². The van der Waals surface area contributed by atoms with Gasteiger partial charge in [-0.1, -0.05) is 6.92 Å². The lowest BCUT2D eigenvalue weighted by atomic mass is 10.1. The van der Waals surface area contributed by atoms with E-state index in [0.717, 1.165) is 18.7 Å². The molecule has 0 saturated carbocycles. The highest BCUT2D eigenvalue weighted by Crippen LogP contribution is 2.04. The molecule has 1 aromatic rings. The summed E-state index contributed by atoms with van der Waals surface area (Å²) in [6.45, 7) is 3.82. The summed E-state index contributed by atoms with van der Waals surface area (Å²) in [4.78, 5) is 14.2. The zero-order chi connectivity index (χ0) is 12.7. The lowest BCUT2D eigenvalue weighted by Crippen LogP contribution is -2.21. The van der Waals surface area contributed by atoms with Crippen LogP contribution in [0.15, 0.2) is 12.1 Å². The van der Waals surface area contributed by atoms with Gasteiger partial charge in [-0.15, -0.1) is 0 Å². The molecule has 0 amide bonds. The smallest absolute Gasteiger partial charge is 0.354 e. The number of hydrogen-bond acceptors (Lipinski definition) is 4. The van der Waals surface area contributed by atoms with Gasteiger partial charge in [-0.3, -0.25) is 0 Å². The second kappa shape index (κ2) is 7.09. The highest BCUT2D eigenvalue weighted by atomic mass is 16.5. The molecule has 0 fully saturated rings. The van der Waals surface area contributed by atoms with E-state index < -0.39 is 0 Å². The zero-order valence-electron chi connectivity index (χ0n) is 10.3. The Bertz CT molecular complexity index is 349. The summed E-state index contributed by atoms with van der Waals surface area (Å²) in [6.07, 6.45) is 0.797. The fourth-order valence-corrected chi connectivity index (χ4v) is 1.55. The predicted octanol–water partition coefficient (Wildman–Crippen LogP) is 0.909. The van der Waals surface area contributed by atoms with Crippen LogP contribution in [-0.2, 0) is 11.3 Å². The van der Waals surface area contributed by atoms with Crippen molar-refractivity contribution < 1.29 is 14.6 Å². The van der Waals surface area contributed by atoms with E-state index in [-0.39, 0.29) is 12.6 Å². The maximum absolute atomic E-state index is 11.2. The van der Waals surface area contributed by atoms with Gasteiger partial charge in [0.2, 0.25) is 0 Å². The van der Waals surface area contributed by atoms with E-state index >= 15 is 0 Å². The van der Waals surface area contributed by atoms with E-state index in [4.69, 9.17) is 5.11 Å². The molecule has 1 heterocycles. The Balaban J connectivity index is 2.32. The monoisotopic (exact) mass is 240 g/mol. The van der Waals surface area contributed by atoms with E-state index in [2.05, 4.69) is 22.0 Å². The summed E-state index contributed by atoms with van der Waals surface area (Å²) in [5, 5.41) is 12.0. The molecule has 0 radical (unpaired) electrons. The first kappa shape index (κ1) is 13.7. The standard InChI is InChI=1S/C12H20N2O3/c1-9(5-6-15)7-13-8-10-3-4-11(14-10)12(16)17-2/h3-4,9,13-15H,5-8H2,1-2H3. The Morgan fingerprint density at radius 1 is 1.59 bits per heavy atom. The molecular formula is C12H20N2O3. The Kier molecular flexibility index (Phi) is 5.72. The zero-order valence-corrected chi connectivity index (χ0v) is 10.3. The van der Waals surface area contributed by atoms with E-state index in [1.165, 1.54) is 7.11 Å². The summed E-state index contributed by atoms with van der Waals surface area (Å²) in [6, 6.07) is 3.57. The number of hydrogen-bond donors (Lipinski definition) is 3. The molecule has 3 N–H and O–H groups in total. The number of esters is 1. The summed E-state index contributed by atoms with van der Waals surface area (Å²) < 4.78 is 4.61. The number of aromatic amines is 1. The van der Waals surface area contributed by atoms with E-state index in [1.807, 2.05) is 6.07 Å². The van der Waals surface area contributed by atoms with Gasteiger partial charge in [-0.2, -0.15) is 0 Å². The van der Waals surface area contributed by atoms with Gasteiger partial charge in [0.25, 0.3) is 0 Å². The SMILES string of the molecule is COC(=O)c1ccc(CNCC(C)CCO)[nH]1. The number of methoxy groups -OCH3 is 1. The van der Waals surface area contributed by atoms with Crippen LogP contribution in [0.2, 0.25) is 0 Å². The minimum Gasteiger partial charge on any atom is -0.464 e. The normalized spacial score (nSPS) is 12.4. The van der Waals surface area contributed by atoms with Gasteiger partial charge >= 0.3 is 5.97 Å². The number of nitrogens with one attached hydrogen (secondary N) is 2. The number of rotatable bonds is 7. The van der Waals surface area contributed by atoms with Crippen molar-refractivity contribution in [1.29, 1.82) is 0 Å². The van der Waals surface area contributed by atoms with Gasteiger partial charge in [0.15, 0.2) is 0 Å². The van der Waals surface area contributed by atoms with Crippen molar-refractivity contribution in [3.05, 3.63) is 23.5 Å². The van der Waals surface area contributed by atoms with Crippen LogP contribution >= 0.6 is 0 Å². The van der Waals surface area contributed by atoms with Crippen LogP contribution in [-0.4, -0.2) is 36.3 Å². The number of carbonyl (C=O) groups excluding carboxylic acids is 1. The quantitative estimate of drug-likeness (QED) is 0.619. The third-order valence-electron chi connectivity index (χ3n) is 2.58. The van der Waals surface area contributed by atoms with Crippen LogP contribution in [0.5, 0.6) is 0 Å². The lowest BCUT2D eigenvalue weighted by Gasteiger charge is -2.10. The fraction of sp³-hybridized carbons (Fsp3) is 0.583. The molecule has 0 aliphatic carbocycles. The predicted molar refractivity (Wildman–Crippen MR) is 64.7 cm³/mol. The van der Waals surface area contributed by atoms with E-state index in [1.54, 1.807) is 6.07 Å². The minimum absolute atomic E-state index is 0.220.